The Morgan fingerprint density at radius 2 is 2.14 bits per heavy atom. The van der Waals surface area contributed by atoms with Crippen molar-refractivity contribution in [3.05, 3.63) is 23.8 Å². The Labute approximate surface area is 127 Å². The van der Waals surface area contributed by atoms with E-state index >= 15 is 0 Å². The first kappa shape index (κ1) is 14.9. The second-order valence-electron chi connectivity index (χ2n) is 6.17. The molecule has 1 aromatic rings. The summed E-state index contributed by atoms with van der Waals surface area (Å²) in [7, 11) is -3.39. The van der Waals surface area contributed by atoms with Gasteiger partial charge in [0, 0.05) is 24.3 Å². The molecule has 21 heavy (non-hydrogen) atoms. The van der Waals surface area contributed by atoms with Crippen LogP contribution in [0.25, 0.3) is 0 Å². The Morgan fingerprint density at radius 1 is 1.33 bits per heavy atom. The Bertz CT molecular complexity index is 627. The monoisotopic (exact) mass is 308 g/mol. The zero-order valence-electron chi connectivity index (χ0n) is 12.8. The van der Waals surface area contributed by atoms with Crippen LogP contribution in [0.15, 0.2) is 23.1 Å². The molecule has 0 aromatic heterocycles. The maximum atomic E-state index is 13.0. The van der Waals surface area contributed by atoms with Gasteiger partial charge in [-0.15, -0.1) is 0 Å². The van der Waals surface area contributed by atoms with Crippen molar-refractivity contribution >= 4 is 15.7 Å². The first-order chi connectivity index (χ1) is 10.0. The van der Waals surface area contributed by atoms with Crippen LogP contribution in [0.1, 0.15) is 45.1 Å². The fraction of sp³-hybridized carbons (Fsp3) is 0.625. The summed E-state index contributed by atoms with van der Waals surface area (Å²) in [6.45, 7) is 5.01. The molecule has 1 saturated heterocycles. The highest BCUT2D eigenvalue weighted by molar-refractivity contribution is 7.89. The minimum atomic E-state index is -3.39. The molecule has 1 fully saturated rings. The van der Waals surface area contributed by atoms with Crippen LogP contribution < -0.4 is 5.32 Å². The van der Waals surface area contributed by atoms with Crippen LogP contribution in [0.5, 0.6) is 0 Å². The summed E-state index contributed by atoms with van der Waals surface area (Å²) in [5, 5.41) is 3.32. The summed E-state index contributed by atoms with van der Waals surface area (Å²) in [6, 6.07) is 5.81. The Morgan fingerprint density at radius 3 is 2.90 bits per heavy atom. The van der Waals surface area contributed by atoms with Crippen molar-refractivity contribution in [2.75, 3.05) is 11.9 Å². The van der Waals surface area contributed by atoms with Gasteiger partial charge in [-0.05, 0) is 56.7 Å². The third kappa shape index (κ3) is 2.57. The molecular formula is C16H24N2O2S. The van der Waals surface area contributed by atoms with Gasteiger partial charge in [-0.2, -0.15) is 4.31 Å². The molecule has 0 amide bonds. The van der Waals surface area contributed by atoms with Crippen LogP contribution in [-0.2, 0) is 16.4 Å². The molecular weight excluding hydrogens is 284 g/mol. The molecule has 1 aromatic carbocycles. The number of rotatable bonds is 3. The fourth-order valence-corrected chi connectivity index (χ4v) is 5.56. The zero-order chi connectivity index (χ0) is 15.0. The quantitative estimate of drug-likeness (QED) is 0.934. The molecule has 3 rings (SSSR count). The molecule has 2 aliphatic rings. The number of fused-ring (bicyclic) bond motifs is 1. The number of anilines is 1. The molecule has 1 N–H and O–H groups in total. The van der Waals surface area contributed by atoms with E-state index in [-0.39, 0.29) is 12.1 Å². The summed E-state index contributed by atoms with van der Waals surface area (Å²) in [4.78, 5) is 0.433. The van der Waals surface area contributed by atoms with Crippen LogP contribution in [0.3, 0.4) is 0 Å². The number of aryl methyl sites for hydroxylation is 1. The van der Waals surface area contributed by atoms with Gasteiger partial charge in [-0.1, -0.05) is 13.0 Å². The molecule has 0 bridgehead atoms. The van der Waals surface area contributed by atoms with E-state index in [9.17, 15) is 8.42 Å². The van der Waals surface area contributed by atoms with Gasteiger partial charge in [0.2, 0.25) is 10.0 Å². The van der Waals surface area contributed by atoms with Gasteiger partial charge in [0.1, 0.15) is 0 Å². The molecule has 2 atom stereocenters. The predicted molar refractivity (Wildman–Crippen MR) is 85.1 cm³/mol. The lowest BCUT2D eigenvalue weighted by molar-refractivity contribution is 0.328. The van der Waals surface area contributed by atoms with Gasteiger partial charge in [-0.25, -0.2) is 8.42 Å². The van der Waals surface area contributed by atoms with E-state index in [1.54, 1.807) is 10.4 Å². The van der Waals surface area contributed by atoms with Crippen molar-refractivity contribution in [3.8, 4) is 0 Å². The maximum Gasteiger partial charge on any atom is 0.243 e. The number of benzene rings is 1. The van der Waals surface area contributed by atoms with Crippen molar-refractivity contribution < 1.29 is 8.42 Å². The molecule has 0 radical (unpaired) electrons. The first-order valence-corrected chi connectivity index (χ1v) is 9.38. The van der Waals surface area contributed by atoms with Gasteiger partial charge in [0.05, 0.1) is 4.90 Å². The van der Waals surface area contributed by atoms with Gasteiger partial charge in [0.15, 0.2) is 0 Å². The normalized spacial score (nSPS) is 26.4. The van der Waals surface area contributed by atoms with Crippen LogP contribution >= 0.6 is 0 Å². The van der Waals surface area contributed by atoms with Crippen LogP contribution in [0.2, 0.25) is 0 Å². The summed E-state index contributed by atoms with van der Waals surface area (Å²) in [6.07, 6.45) is 4.95. The van der Waals surface area contributed by atoms with Crippen LogP contribution in [0, 0.1) is 0 Å². The van der Waals surface area contributed by atoms with Gasteiger partial charge in [-0.3, -0.25) is 0 Å². The van der Waals surface area contributed by atoms with Crippen molar-refractivity contribution in [1.82, 2.24) is 4.31 Å². The number of nitrogens with one attached hydrogen (secondary N) is 1. The third-order valence-electron chi connectivity index (χ3n) is 4.78. The van der Waals surface area contributed by atoms with E-state index in [1.807, 2.05) is 19.1 Å². The van der Waals surface area contributed by atoms with E-state index in [0.29, 0.717) is 4.90 Å². The SMILES string of the molecule is CCC1CCC(C)N1S(=O)(=O)c1ccc2c(c1)NCCC2. The van der Waals surface area contributed by atoms with Crippen molar-refractivity contribution in [2.24, 2.45) is 0 Å². The molecule has 0 spiro atoms. The van der Waals surface area contributed by atoms with E-state index in [1.165, 1.54) is 5.56 Å². The highest BCUT2D eigenvalue weighted by Gasteiger charge is 2.39. The highest BCUT2D eigenvalue weighted by Crippen LogP contribution is 2.34. The summed E-state index contributed by atoms with van der Waals surface area (Å²) in [5.41, 5.74) is 2.21. The second kappa shape index (κ2) is 5.61. The van der Waals surface area contributed by atoms with E-state index in [2.05, 4.69) is 12.2 Å². The van der Waals surface area contributed by atoms with Crippen molar-refractivity contribution in [1.29, 1.82) is 0 Å². The van der Waals surface area contributed by atoms with E-state index < -0.39 is 10.0 Å². The van der Waals surface area contributed by atoms with Gasteiger partial charge < -0.3 is 5.32 Å². The number of sulfonamides is 1. The highest BCUT2D eigenvalue weighted by atomic mass is 32.2. The minimum absolute atomic E-state index is 0.101. The topological polar surface area (TPSA) is 49.4 Å². The molecule has 0 saturated carbocycles. The van der Waals surface area contributed by atoms with Gasteiger partial charge in [0.25, 0.3) is 0 Å². The summed E-state index contributed by atoms with van der Waals surface area (Å²) < 4.78 is 27.7. The lowest BCUT2D eigenvalue weighted by atomic mass is 10.0. The molecule has 116 valence electrons. The maximum absolute atomic E-state index is 13.0. The van der Waals surface area contributed by atoms with Crippen molar-refractivity contribution in [3.63, 3.8) is 0 Å². The van der Waals surface area contributed by atoms with Crippen molar-refractivity contribution in [2.45, 2.75) is 62.9 Å². The first-order valence-electron chi connectivity index (χ1n) is 7.94. The predicted octanol–water partition coefficient (Wildman–Crippen LogP) is 3.00. The molecule has 5 heteroatoms. The van der Waals surface area contributed by atoms with Crippen LogP contribution in [0.4, 0.5) is 5.69 Å². The lowest BCUT2D eigenvalue weighted by Gasteiger charge is -2.28. The largest absolute Gasteiger partial charge is 0.385 e. The zero-order valence-corrected chi connectivity index (χ0v) is 13.6. The minimum Gasteiger partial charge on any atom is -0.385 e. The fourth-order valence-electron chi connectivity index (χ4n) is 3.59. The average molecular weight is 308 g/mol. The van der Waals surface area contributed by atoms with E-state index in [0.717, 1.165) is 44.3 Å². The molecule has 0 aliphatic carbocycles. The Balaban J connectivity index is 1.98. The molecule has 2 unspecified atom stereocenters. The number of hydrogen-bond acceptors (Lipinski definition) is 3. The average Bonchev–Trinajstić information content (AvgIpc) is 2.88. The molecule has 2 aliphatic heterocycles. The van der Waals surface area contributed by atoms with Crippen LogP contribution in [-0.4, -0.2) is 31.4 Å². The number of nitrogens with zero attached hydrogens (tertiary/aromatic N) is 1. The molecule has 2 heterocycles. The lowest BCUT2D eigenvalue weighted by Crippen LogP contribution is -2.39. The standard InChI is InChI=1S/C16H24N2O2S/c1-3-14-8-6-12(2)18(14)21(19,20)15-9-7-13-5-4-10-17-16(13)11-15/h7,9,11-12,14,17H,3-6,8,10H2,1-2H3. The Kier molecular flexibility index (Phi) is 3.97. The second-order valence-corrected chi connectivity index (χ2v) is 8.02. The summed E-state index contributed by atoms with van der Waals surface area (Å²) in [5.74, 6) is 0. The van der Waals surface area contributed by atoms with Gasteiger partial charge >= 0.3 is 0 Å². The number of hydrogen-bond donors (Lipinski definition) is 1. The Hall–Kier alpha value is -1.07. The smallest absolute Gasteiger partial charge is 0.243 e. The van der Waals surface area contributed by atoms with E-state index in [4.69, 9.17) is 0 Å². The third-order valence-corrected chi connectivity index (χ3v) is 6.84. The summed E-state index contributed by atoms with van der Waals surface area (Å²) >= 11 is 0. The molecule has 4 nitrogen and oxygen atoms in total.